The lowest BCUT2D eigenvalue weighted by Gasteiger charge is -2.28. The predicted octanol–water partition coefficient (Wildman–Crippen LogP) is 2.60. The zero-order valence-electron chi connectivity index (χ0n) is 14.3. The predicted molar refractivity (Wildman–Crippen MR) is 108 cm³/mol. The Balaban J connectivity index is 1.51. The van der Waals surface area contributed by atoms with E-state index in [1.165, 1.54) is 11.8 Å². The van der Waals surface area contributed by atoms with E-state index >= 15 is 0 Å². The highest BCUT2D eigenvalue weighted by Crippen LogP contribution is 2.25. The minimum Gasteiger partial charge on any atom is -0.350 e. The molecule has 2 saturated heterocycles. The molecule has 0 bridgehead atoms. The van der Waals surface area contributed by atoms with Crippen LogP contribution >= 0.6 is 35.0 Å². The van der Waals surface area contributed by atoms with Gasteiger partial charge in [0.2, 0.25) is 5.91 Å². The number of sulfone groups is 1. The summed E-state index contributed by atoms with van der Waals surface area (Å²) in [6.07, 6.45) is 2.18. The van der Waals surface area contributed by atoms with Crippen LogP contribution in [-0.2, 0) is 20.4 Å². The van der Waals surface area contributed by atoms with Crippen molar-refractivity contribution in [3.05, 3.63) is 33.8 Å². The molecule has 26 heavy (non-hydrogen) atoms. The van der Waals surface area contributed by atoms with E-state index in [1.54, 1.807) is 12.1 Å². The summed E-state index contributed by atoms with van der Waals surface area (Å²) in [6, 6.07) is 4.89. The maximum absolute atomic E-state index is 12.3. The van der Waals surface area contributed by atoms with Crippen LogP contribution in [0.4, 0.5) is 0 Å². The molecule has 9 heteroatoms. The maximum Gasteiger partial charge on any atom is 0.230 e. The molecule has 0 aliphatic carbocycles. The number of carbonyl (C=O) groups is 1. The molecule has 1 aromatic rings. The maximum atomic E-state index is 12.3. The summed E-state index contributed by atoms with van der Waals surface area (Å²) in [6.45, 7) is 1.83. The third-order valence-corrected chi connectivity index (χ3v) is 8.07. The minimum absolute atomic E-state index is 0.0353. The number of amides is 1. The van der Waals surface area contributed by atoms with Crippen LogP contribution in [0.5, 0.6) is 0 Å². The van der Waals surface area contributed by atoms with E-state index in [0.717, 1.165) is 31.5 Å². The third kappa shape index (κ3) is 5.29. The molecular weight excluding hydrogens is 415 g/mol. The van der Waals surface area contributed by atoms with Crippen molar-refractivity contribution in [3.63, 3.8) is 0 Å². The Morgan fingerprint density at radius 2 is 1.96 bits per heavy atom. The Morgan fingerprint density at radius 1 is 1.23 bits per heavy atom. The fourth-order valence-corrected chi connectivity index (χ4v) is 6.89. The molecule has 0 aromatic heterocycles. The van der Waals surface area contributed by atoms with Gasteiger partial charge in [-0.05, 0) is 43.6 Å². The lowest BCUT2D eigenvalue weighted by atomic mass is 10.1. The molecule has 2 unspecified atom stereocenters. The lowest BCUT2D eigenvalue weighted by molar-refractivity contribution is -0.119. The Hall–Kier alpha value is -0.470. The van der Waals surface area contributed by atoms with Gasteiger partial charge in [-0.3, -0.25) is 9.69 Å². The first-order valence-electron chi connectivity index (χ1n) is 8.59. The van der Waals surface area contributed by atoms with Gasteiger partial charge >= 0.3 is 0 Å². The number of rotatable bonds is 6. The monoisotopic (exact) mass is 436 g/mol. The van der Waals surface area contributed by atoms with E-state index in [2.05, 4.69) is 10.2 Å². The first-order chi connectivity index (χ1) is 12.3. The molecule has 2 fully saturated rings. The summed E-state index contributed by atoms with van der Waals surface area (Å²) in [4.78, 5) is 14.5. The Bertz CT molecular complexity index is 767. The molecule has 0 radical (unpaired) electrons. The summed E-state index contributed by atoms with van der Waals surface area (Å²) in [5, 5.41) is 4.10. The molecule has 1 amide bonds. The van der Waals surface area contributed by atoms with Gasteiger partial charge in [0.05, 0.1) is 23.3 Å². The quantitative estimate of drug-likeness (QED) is 0.741. The Morgan fingerprint density at radius 3 is 2.65 bits per heavy atom. The molecule has 2 heterocycles. The number of nitrogens with zero attached hydrogens (tertiary/aromatic N) is 1. The van der Waals surface area contributed by atoms with Crippen LogP contribution in [0.25, 0.3) is 0 Å². The number of hydrogen-bond acceptors (Lipinski definition) is 5. The number of hydrogen-bond donors (Lipinski definition) is 1. The third-order valence-electron chi connectivity index (χ3n) is 4.78. The van der Waals surface area contributed by atoms with Crippen molar-refractivity contribution in [2.75, 3.05) is 30.3 Å². The van der Waals surface area contributed by atoms with Crippen LogP contribution in [0.1, 0.15) is 18.4 Å². The van der Waals surface area contributed by atoms with E-state index < -0.39 is 9.84 Å². The van der Waals surface area contributed by atoms with Crippen LogP contribution in [0.3, 0.4) is 0 Å². The summed E-state index contributed by atoms with van der Waals surface area (Å²) >= 11 is 13.5. The van der Waals surface area contributed by atoms with Crippen LogP contribution in [0, 0.1) is 0 Å². The van der Waals surface area contributed by atoms with Crippen LogP contribution < -0.4 is 5.32 Å². The van der Waals surface area contributed by atoms with Gasteiger partial charge in [0, 0.05) is 21.8 Å². The number of thioether (sulfide) groups is 1. The minimum atomic E-state index is -3.09. The van der Waals surface area contributed by atoms with Crippen molar-refractivity contribution >= 4 is 50.7 Å². The average molecular weight is 437 g/mol. The smallest absolute Gasteiger partial charge is 0.230 e. The molecule has 0 saturated carbocycles. The van der Waals surface area contributed by atoms with Gasteiger partial charge in [-0.15, -0.1) is 11.8 Å². The fourth-order valence-electron chi connectivity index (χ4n) is 3.54. The SMILES string of the molecule is O=C(CSCc1ccc(Cl)cc1Cl)NC1CS(=O)(=O)CC1N1CCCC1. The second-order valence-corrected chi connectivity index (χ2v) is 10.8. The lowest BCUT2D eigenvalue weighted by Crippen LogP contribution is -2.50. The van der Waals surface area contributed by atoms with Crippen molar-refractivity contribution in [2.45, 2.75) is 30.7 Å². The van der Waals surface area contributed by atoms with Gasteiger partial charge in [0.15, 0.2) is 9.84 Å². The molecule has 3 rings (SSSR count). The summed E-state index contributed by atoms with van der Waals surface area (Å²) in [7, 11) is -3.09. The van der Waals surface area contributed by atoms with Gasteiger partial charge in [0.25, 0.3) is 0 Å². The molecular formula is C17H22Cl2N2O3S2. The highest BCUT2D eigenvalue weighted by molar-refractivity contribution is 7.99. The Labute approximate surface area is 168 Å². The van der Waals surface area contributed by atoms with Gasteiger partial charge in [-0.2, -0.15) is 0 Å². The standard InChI is InChI=1S/C17H22Cl2N2O3S2/c18-13-4-3-12(14(19)7-13)8-25-9-17(22)20-15-10-26(23,24)11-16(15)21-5-1-2-6-21/h3-4,7,15-16H,1-2,5-6,8-11H2,(H,20,22). The van der Waals surface area contributed by atoms with Crippen molar-refractivity contribution in [3.8, 4) is 0 Å². The van der Waals surface area contributed by atoms with Crippen molar-refractivity contribution in [1.82, 2.24) is 10.2 Å². The van der Waals surface area contributed by atoms with E-state index in [-0.39, 0.29) is 35.2 Å². The second-order valence-electron chi connectivity index (χ2n) is 6.79. The molecule has 1 aromatic carbocycles. The van der Waals surface area contributed by atoms with Crippen LogP contribution in [0.2, 0.25) is 10.0 Å². The zero-order valence-corrected chi connectivity index (χ0v) is 17.4. The van der Waals surface area contributed by atoms with E-state index in [9.17, 15) is 13.2 Å². The van der Waals surface area contributed by atoms with Gasteiger partial charge in [-0.1, -0.05) is 29.3 Å². The van der Waals surface area contributed by atoms with E-state index in [4.69, 9.17) is 23.2 Å². The summed E-state index contributed by atoms with van der Waals surface area (Å²) in [5.41, 5.74) is 0.923. The van der Waals surface area contributed by atoms with Crippen molar-refractivity contribution in [1.29, 1.82) is 0 Å². The largest absolute Gasteiger partial charge is 0.350 e. The first kappa shape index (κ1) is 20.3. The number of nitrogens with one attached hydrogen (secondary N) is 1. The van der Waals surface area contributed by atoms with E-state index in [1.807, 2.05) is 6.07 Å². The fraction of sp³-hybridized carbons (Fsp3) is 0.588. The number of halogens is 2. The molecule has 2 atom stereocenters. The number of carbonyl (C=O) groups excluding carboxylic acids is 1. The van der Waals surface area contributed by atoms with Gasteiger partial charge in [0.1, 0.15) is 0 Å². The van der Waals surface area contributed by atoms with Gasteiger partial charge < -0.3 is 5.32 Å². The molecule has 144 valence electrons. The van der Waals surface area contributed by atoms with Crippen molar-refractivity contribution in [2.24, 2.45) is 0 Å². The molecule has 2 aliphatic rings. The topological polar surface area (TPSA) is 66.5 Å². The Kier molecular flexibility index (Phi) is 6.78. The normalized spacial score (nSPS) is 25.5. The number of likely N-dealkylation sites (tertiary alicyclic amines) is 1. The highest BCUT2D eigenvalue weighted by Gasteiger charge is 2.42. The van der Waals surface area contributed by atoms with Crippen molar-refractivity contribution < 1.29 is 13.2 Å². The second kappa shape index (κ2) is 8.69. The van der Waals surface area contributed by atoms with Crippen LogP contribution in [-0.4, -0.2) is 61.7 Å². The summed E-state index contributed by atoms with van der Waals surface area (Å²) in [5.74, 6) is 0.912. The van der Waals surface area contributed by atoms with Crippen LogP contribution in [0.15, 0.2) is 18.2 Å². The molecule has 5 nitrogen and oxygen atoms in total. The van der Waals surface area contributed by atoms with Gasteiger partial charge in [-0.25, -0.2) is 8.42 Å². The molecule has 0 spiro atoms. The summed E-state index contributed by atoms with van der Waals surface area (Å²) < 4.78 is 24.1. The zero-order chi connectivity index (χ0) is 18.7. The number of benzene rings is 1. The molecule has 2 aliphatic heterocycles. The average Bonchev–Trinajstić information content (AvgIpc) is 3.17. The first-order valence-corrected chi connectivity index (χ1v) is 12.3. The molecule has 1 N–H and O–H groups in total. The van der Waals surface area contributed by atoms with E-state index in [0.29, 0.717) is 15.8 Å². The highest BCUT2D eigenvalue weighted by atomic mass is 35.5.